The first-order chi connectivity index (χ1) is 12.3. The molecule has 1 aliphatic carbocycles. The Morgan fingerprint density at radius 1 is 0.880 bits per heavy atom. The Kier molecular flexibility index (Phi) is 4.29. The predicted molar refractivity (Wildman–Crippen MR) is 95.0 cm³/mol. The first kappa shape index (κ1) is 15.6. The quantitative estimate of drug-likeness (QED) is 0.715. The van der Waals surface area contributed by atoms with Gasteiger partial charge >= 0.3 is 0 Å². The molecule has 0 aromatic carbocycles. The van der Waals surface area contributed by atoms with E-state index in [-0.39, 0.29) is 0 Å². The molecule has 0 N–H and O–H groups in total. The van der Waals surface area contributed by atoms with Crippen LogP contribution in [0.5, 0.6) is 17.5 Å². The van der Waals surface area contributed by atoms with E-state index >= 15 is 0 Å². The molecule has 3 aromatic heterocycles. The van der Waals surface area contributed by atoms with E-state index in [1.54, 1.807) is 25.7 Å². The number of ether oxygens (including phenoxy) is 2. The summed E-state index contributed by atoms with van der Waals surface area (Å²) in [5.74, 6) is 1.78. The summed E-state index contributed by atoms with van der Waals surface area (Å²) in [4.78, 5) is 13.2. The van der Waals surface area contributed by atoms with Crippen molar-refractivity contribution in [2.24, 2.45) is 0 Å². The van der Waals surface area contributed by atoms with E-state index in [0.29, 0.717) is 17.5 Å². The van der Waals surface area contributed by atoms with E-state index in [4.69, 9.17) is 9.47 Å². The Labute approximate surface area is 146 Å². The molecule has 0 fully saturated rings. The number of hydrogen-bond donors (Lipinski definition) is 0. The van der Waals surface area contributed by atoms with Crippen LogP contribution in [0, 0.1) is 0 Å². The minimum absolute atomic E-state index is 0.520. The lowest BCUT2D eigenvalue weighted by Gasteiger charge is -2.16. The molecule has 5 nitrogen and oxygen atoms in total. The van der Waals surface area contributed by atoms with E-state index < -0.39 is 0 Å². The first-order valence-corrected chi connectivity index (χ1v) is 8.45. The van der Waals surface area contributed by atoms with Crippen molar-refractivity contribution in [1.29, 1.82) is 0 Å². The Hall–Kier alpha value is -2.95. The molecule has 25 heavy (non-hydrogen) atoms. The lowest BCUT2D eigenvalue weighted by molar-refractivity contribution is 0.399. The van der Waals surface area contributed by atoms with Gasteiger partial charge in [-0.05, 0) is 61.6 Å². The number of pyridine rings is 3. The van der Waals surface area contributed by atoms with Gasteiger partial charge < -0.3 is 9.47 Å². The van der Waals surface area contributed by atoms with Crippen molar-refractivity contribution < 1.29 is 9.47 Å². The van der Waals surface area contributed by atoms with Gasteiger partial charge in [0.25, 0.3) is 0 Å². The van der Waals surface area contributed by atoms with Gasteiger partial charge in [0.15, 0.2) is 0 Å². The predicted octanol–water partition coefficient (Wildman–Crippen LogP) is 4.22. The van der Waals surface area contributed by atoms with Gasteiger partial charge in [0, 0.05) is 29.2 Å². The molecule has 0 bridgehead atoms. The molecule has 4 rings (SSSR count). The van der Waals surface area contributed by atoms with E-state index in [1.165, 1.54) is 24.1 Å². The van der Waals surface area contributed by atoms with Crippen molar-refractivity contribution in [2.45, 2.75) is 25.7 Å². The Morgan fingerprint density at radius 3 is 2.40 bits per heavy atom. The summed E-state index contributed by atoms with van der Waals surface area (Å²) in [7, 11) is 1.61. The van der Waals surface area contributed by atoms with Crippen LogP contribution in [0.2, 0.25) is 0 Å². The van der Waals surface area contributed by atoms with Gasteiger partial charge in [-0.1, -0.05) is 0 Å². The smallest absolute Gasteiger partial charge is 0.227 e. The second-order valence-electron chi connectivity index (χ2n) is 6.00. The zero-order chi connectivity index (χ0) is 17.1. The normalized spacial score (nSPS) is 13.2. The van der Waals surface area contributed by atoms with Crippen LogP contribution in [0.25, 0.3) is 11.1 Å². The van der Waals surface area contributed by atoms with Crippen molar-refractivity contribution in [1.82, 2.24) is 15.0 Å². The maximum Gasteiger partial charge on any atom is 0.227 e. The van der Waals surface area contributed by atoms with Gasteiger partial charge in [-0.3, -0.25) is 4.98 Å². The molecule has 3 aromatic rings. The third-order valence-electron chi connectivity index (χ3n) is 4.38. The number of aryl methyl sites for hydroxylation is 2. The summed E-state index contributed by atoms with van der Waals surface area (Å²) in [5, 5.41) is 0. The maximum atomic E-state index is 6.07. The molecule has 0 saturated carbocycles. The van der Waals surface area contributed by atoms with Crippen molar-refractivity contribution >= 4 is 0 Å². The average molecular weight is 333 g/mol. The van der Waals surface area contributed by atoms with Crippen LogP contribution in [-0.2, 0) is 12.8 Å². The molecule has 0 spiro atoms. The highest BCUT2D eigenvalue weighted by molar-refractivity contribution is 5.73. The Bertz CT molecular complexity index is 896. The molecule has 126 valence electrons. The summed E-state index contributed by atoms with van der Waals surface area (Å²) in [5.41, 5.74) is 4.15. The topological polar surface area (TPSA) is 57.1 Å². The van der Waals surface area contributed by atoms with E-state index in [0.717, 1.165) is 24.0 Å². The zero-order valence-electron chi connectivity index (χ0n) is 14.1. The van der Waals surface area contributed by atoms with Gasteiger partial charge in [-0.2, -0.15) is 0 Å². The van der Waals surface area contributed by atoms with Crippen LogP contribution >= 0.6 is 0 Å². The summed E-state index contributed by atoms with van der Waals surface area (Å²) >= 11 is 0. The Morgan fingerprint density at radius 2 is 1.60 bits per heavy atom. The van der Waals surface area contributed by atoms with E-state index in [1.807, 2.05) is 24.3 Å². The minimum Gasteiger partial charge on any atom is -0.481 e. The second-order valence-corrected chi connectivity index (χ2v) is 6.00. The van der Waals surface area contributed by atoms with Gasteiger partial charge in [-0.15, -0.1) is 0 Å². The number of rotatable bonds is 4. The molecule has 3 heterocycles. The van der Waals surface area contributed by atoms with Gasteiger partial charge in [-0.25, -0.2) is 9.97 Å². The third kappa shape index (κ3) is 3.18. The molecule has 0 unspecified atom stereocenters. The molecule has 1 aliphatic rings. The molecule has 5 heteroatoms. The van der Waals surface area contributed by atoms with Crippen molar-refractivity contribution in [3.8, 4) is 28.6 Å². The van der Waals surface area contributed by atoms with Gasteiger partial charge in [0.1, 0.15) is 5.75 Å². The SMILES string of the molecule is COc1ncccc1-c1cccnc1Oc1cnc2c(c1)CCCC2. The first-order valence-electron chi connectivity index (χ1n) is 8.45. The summed E-state index contributed by atoms with van der Waals surface area (Å²) in [6, 6.07) is 9.73. The zero-order valence-corrected chi connectivity index (χ0v) is 14.1. The van der Waals surface area contributed by atoms with Crippen LogP contribution < -0.4 is 9.47 Å². The molecule has 0 saturated heterocycles. The summed E-state index contributed by atoms with van der Waals surface area (Å²) < 4.78 is 11.4. The lowest BCUT2D eigenvalue weighted by Crippen LogP contribution is -2.05. The van der Waals surface area contributed by atoms with Crippen molar-refractivity contribution in [3.05, 3.63) is 60.2 Å². The Balaban J connectivity index is 1.70. The van der Waals surface area contributed by atoms with Gasteiger partial charge in [0.05, 0.1) is 13.3 Å². The summed E-state index contributed by atoms with van der Waals surface area (Å²) in [6.45, 7) is 0. The largest absolute Gasteiger partial charge is 0.481 e. The van der Waals surface area contributed by atoms with Crippen LogP contribution in [-0.4, -0.2) is 22.1 Å². The fourth-order valence-corrected chi connectivity index (χ4v) is 3.17. The highest BCUT2D eigenvalue weighted by Crippen LogP contribution is 2.36. The molecular weight excluding hydrogens is 314 g/mol. The number of hydrogen-bond acceptors (Lipinski definition) is 5. The number of aromatic nitrogens is 3. The highest BCUT2D eigenvalue weighted by Gasteiger charge is 2.16. The fraction of sp³-hybridized carbons (Fsp3) is 0.250. The molecular formula is C20H19N3O2. The van der Waals surface area contributed by atoms with Crippen LogP contribution in [0.15, 0.2) is 48.9 Å². The summed E-state index contributed by atoms with van der Waals surface area (Å²) in [6.07, 6.45) is 9.73. The monoisotopic (exact) mass is 333 g/mol. The standard InChI is InChI=1S/C20H19N3O2/c1-24-19-16(7-4-10-21-19)17-8-5-11-22-20(17)25-15-12-14-6-2-3-9-18(14)23-13-15/h4-5,7-8,10-13H,2-3,6,9H2,1H3. The van der Waals surface area contributed by atoms with Crippen LogP contribution in [0.4, 0.5) is 0 Å². The number of fused-ring (bicyclic) bond motifs is 1. The average Bonchev–Trinajstić information content (AvgIpc) is 2.68. The highest BCUT2D eigenvalue weighted by atomic mass is 16.5. The number of nitrogens with zero attached hydrogens (tertiary/aromatic N) is 3. The third-order valence-corrected chi connectivity index (χ3v) is 4.38. The van der Waals surface area contributed by atoms with Crippen LogP contribution in [0.1, 0.15) is 24.1 Å². The van der Waals surface area contributed by atoms with Gasteiger partial charge in [0.2, 0.25) is 11.8 Å². The minimum atomic E-state index is 0.520. The molecule has 0 atom stereocenters. The lowest BCUT2D eigenvalue weighted by atomic mass is 9.96. The van der Waals surface area contributed by atoms with E-state index in [9.17, 15) is 0 Å². The second kappa shape index (κ2) is 6.89. The van der Waals surface area contributed by atoms with Crippen LogP contribution in [0.3, 0.4) is 0 Å². The maximum absolute atomic E-state index is 6.07. The molecule has 0 amide bonds. The van der Waals surface area contributed by atoms with Crippen molar-refractivity contribution in [3.63, 3.8) is 0 Å². The molecule has 0 radical (unpaired) electrons. The van der Waals surface area contributed by atoms with Crippen molar-refractivity contribution in [2.75, 3.05) is 7.11 Å². The number of methoxy groups -OCH3 is 1. The fourth-order valence-electron chi connectivity index (χ4n) is 3.17. The van der Waals surface area contributed by atoms with E-state index in [2.05, 4.69) is 21.0 Å². The molecule has 0 aliphatic heterocycles.